The van der Waals surface area contributed by atoms with Crippen molar-refractivity contribution in [2.24, 2.45) is 5.73 Å². The van der Waals surface area contributed by atoms with Crippen LogP contribution in [-0.4, -0.2) is 11.9 Å². The molecule has 0 spiro atoms. The van der Waals surface area contributed by atoms with Gasteiger partial charge in [-0.3, -0.25) is 10.1 Å². The van der Waals surface area contributed by atoms with Gasteiger partial charge in [-0.25, -0.2) is 4.39 Å². The monoisotopic (exact) mass is 210 g/mol. The van der Waals surface area contributed by atoms with E-state index in [9.17, 15) is 9.18 Å². The molecule has 3 nitrogen and oxygen atoms in total. The second-order valence-electron chi connectivity index (χ2n) is 3.53. The Labute approximate surface area is 88.5 Å². The molecule has 0 aromatic heterocycles. The fourth-order valence-electron chi connectivity index (χ4n) is 1.37. The van der Waals surface area contributed by atoms with Gasteiger partial charge in [0.15, 0.2) is 0 Å². The third-order valence-electron chi connectivity index (χ3n) is 2.30. The van der Waals surface area contributed by atoms with E-state index in [0.29, 0.717) is 5.56 Å². The molecule has 0 saturated carbocycles. The van der Waals surface area contributed by atoms with Crippen molar-refractivity contribution in [1.82, 2.24) is 5.32 Å². The maximum Gasteiger partial charge on any atom is 0.234 e. The van der Waals surface area contributed by atoms with Gasteiger partial charge in [0, 0.05) is 11.6 Å². The summed E-state index contributed by atoms with van der Waals surface area (Å²) in [5, 5.41) is 2.92. The number of carbonyl (C=O) groups excluding carboxylic acids is 1. The Morgan fingerprint density at radius 1 is 1.40 bits per heavy atom. The van der Waals surface area contributed by atoms with E-state index in [1.165, 1.54) is 6.07 Å². The van der Waals surface area contributed by atoms with Crippen LogP contribution in [0.25, 0.3) is 0 Å². The first kappa shape index (κ1) is 11.7. The molecule has 82 valence electrons. The number of nitrogens with one attached hydrogen (secondary N) is 1. The Hall–Kier alpha value is -1.42. The summed E-state index contributed by atoms with van der Waals surface area (Å²) in [6, 6.07) is 5.74. The van der Waals surface area contributed by atoms with Crippen LogP contribution in [0.2, 0.25) is 0 Å². The molecule has 0 aliphatic heterocycles. The van der Waals surface area contributed by atoms with E-state index in [1.54, 1.807) is 32.0 Å². The molecule has 1 aromatic rings. The van der Waals surface area contributed by atoms with E-state index in [0.717, 1.165) is 0 Å². The predicted molar refractivity (Wildman–Crippen MR) is 56.6 cm³/mol. The van der Waals surface area contributed by atoms with Gasteiger partial charge in [-0.05, 0) is 19.9 Å². The SMILES string of the molecule is CC(N[C@H](C)c1ccccc1F)C(N)=O. The predicted octanol–water partition coefficient (Wildman–Crippen LogP) is 1.35. The highest BCUT2D eigenvalue weighted by Crippen LogP contribution is 2.16. The molecule has 0 fully saturated rings. The Morgan fingerprint density at radius 3 is 2.53 bits per heavy atom. The topological polar surface area (TPSA) is 55.1 Å². The highest BCUT2D eigenvalue weighted by molar-refractivity contribution is 5.79. The lowest BCUT2D eigenvalue weighted by atomic mass is 10.1. The minimum absolute atomic E-state index is 0.242. The van der Waals surface area contributed by atoms with Gasteiger partial charge in [0.25, 0.3) is 0 Å². The molecule has 1 unspecified atom stereocenters. The van der Waals surface area contributed by atoms with Gasteiger partial charge in [-0.2, -0.15) is 0 Å². The van der Waals surface area contributed by atoms with Crippen LogP contribution in [0, 0.1) is 5.82 Å². The zero-order valence-corrected chi connectivity index (χ0v) is 8.83. The Morgan fingerprint density at radius 2 is 2.00 bits per heavy atom. The average Bonchev–Trinajstić information content (AvgIpc) is 2.18. The molecule has 3 N–H and O–H groups in total. The standard InChI is InChI=1S/C11H15FN2O/c1-7(14-8(2)11(13)15)9-5-3-4-6-10(9)12/h3-8,14H,1-2H3,(H2,13,15)/t7-,8?/m1/s1. The van der Waals surface area contributed by atoms with Crippen molar-refractivity contribution < 1.29 is 9.18 Å². The van der Waals surface area contributed by atoms with Crippen LogP contribution in [0.1, 0.15) is 25.5 Å². The van der Waals surface area contributed by atoms with Crippen molar-refractivity contribution in [1.29, 1.82) is 0 Å². The average molecular weight is 210 g/mol. The minimum Gasteiger partial charge on any atom is -0.368 e. The molecule has 0 radical (unpaired) electrons. The molecule has 0 aliphatic rings. The molecule has 0 heterocycles. The lowest BCUT2D eigenvalue weighted by Gasteiger charge is -2.18. The minimum atomic E-state index is -0.473. The zero-order valence-electron chi connectivity index (χ0n) is 8.83. The molecule has 1 rings (SSSR count). The Balaban J connectivity index is 2.73. The summed E-state index contributed by atoms with van der Waals surface area (Å²) in [5.41, 5.74) is 5.64. The van der Waals surface area contributed by atoms with E-state index in [1.807, 2.05) is 0 Å². The third kappa shape index (κ3) is 3.02. The summed E-state index contributed by atoms with van der Waals surface area (Å²) in [6.45, 7) is 3.44. The first-order valence-corrected chi connectivity index (χ1v) is 4.82. The van der Waals surface area contributed by atoms with Crippen molar-refractivity contribution in [2.75, 3.05) is 0 Å². The molecule has 2 atom stereocenters. The van der Waals surface area contributed by atoms with Crippen LogP contribution in [-0.2, 0) is 4.79 Å². The van der Waals surface area contributed by atoms with E-state index >= 15 is 0 Å². The molecule has 0 saturated heterocycles. The van der Waals surface area contributed by atoms with Crippen LogP contribution >= 0.6 is 0 Å². The Kier molecular flexibility index (Phi) is 3.80. The second-order valence-corrected chi connectivity index (χ2v) is 3.53. The highest BCUT2D eigenvalue weighted by Gasteiger charge is 2.15. The van der Waals surface area contributed by atoms with Crippen LogP contribution in [0.5, 0.6) is 0 Å². The van der Waals surface area contributed by atoms with Gasteiger partial charge in [0.1, 0.15) is 5.82 Å². The normalized spacial score (nSPS) is 14.6. The fourth-order valence-corrected chi connectivity index (χ4v) is 1.37. The van der Waals surface area contributed by atoms with Gasteiger partial charge in [0.2, 0.25) is 5.91 Å². The first-order valence-electron chi connectivity index (χ1n) is 4.82. The van der Waals surface area contributed by atoms with Gasteiger partial charge in [0.05, 0.1) is 6.04 Å². The molecule has 0 bridgehead atoms. The number of rotatable bonds is 4. The molecular formula is C11H15FN2O. The molecule has 15 heavy (non-hydrogen) atoms. The van der Waals surface area contributed by atoms with Crippen molar-refractivity contribution in [3.63, 3.8) is 0 Å². The number of hydrogen-bond acceptors (Lipinski definition) is 2. The zero-order chi connectivity index (χ0) is 11.4. The first-order chi connectivity index (χ1) is 7.02. The number of benzene rings is 1. The lowest BCUT2D eigenvalue weighted by Crippen LogP contribution is -2.40. The summed E-state index contributed by atoms with van der Waals surface area (Å²) in [7, 11) is 0. The number of carbonyl (C=O) groups is 1. The maximum atomic E-state index is 13.3. The van der Waals surface area contributed by atoms with Crippen LogP contribution in [0.4, 0.5) is 4.39 Å². The van der Waals surface area contributed by atoms with Crippen LogP contribution < -0.4 is 11.1 Å². The smallest absolute Gasteiger partial charge is 0.234 e. The molecular weight excluding hydrogens is 195 g/mol. The number of amides is 1. The van der Waals surface area contributed by atoms with Gasteiger partial charge < -0.3 is 5.73 Å². The van der Waals surface area contributed by atoms with E-state index in [-0.39, 0.29) is 11.9 Å². The van der Waals surface area contributed by atoms with E-state index in [4.69, 9.17) is 5.73 Å². The van der Waals surface area contributed by atoms with Crippen LogP contribution in [0.15, 0.2) is 24.3 Å². The lowest BCUT2D eigenvalue weighted by molar-refractivity contribution is -0.119. The summed E-state index contributed by atoms with van der Waals surface area (Å²) in [5.74, 6) is -0.729. The summed E-state index contributed by atoms with van der Waals surface area (Å²) in [4.78, 5) is 10.8. The van der Waals surface area contributed by atoms with E-state index in [2.05, 4.69) is 5.32 Å². The largest absolute Gasteiger partial charge is 0.368 e. The molecule has 4 heteroatoms. The number of nitrogens with two attached hydrogens (primary N) is 1. The van der Waals surface area contributed by atoms with Crippen molar-refractivity contribution in [3.05, 3.63) is 35.6 Å². The van der Waals surface area contributed by atoms with Crippen molar-refractivity contribution in [3.8, 4) is 0 Å². The third-order valence-corrected chi connectivity index (χ3v) is 2.30. The highest BCUT2D eigenvalue weighted by atomic mass is 19.1. The number of halogens is 1. The fraction of sp³-hybridized carbons (Fsp3) is 0.364. The molecule has 0 aliphatic carbocycles. The van der Waals surface area contributed by atoms with Gasteiger partial charge in [-0.1, -0.05) is 18.2 Å². The van der Waals surface area contributed by atoms with Gasteiger partial charge in [-0.15, -0.1) is 0 Å². The quantitative estimate of drug-likeness (QED) is 0.788. The van der Waals surface area contributed by atoms with E-state index < -0.39 is 11.9 Å². The number of hydrogen-bond donors (Lipinski definition) is 2. The van der Waals surface area contributed by atoms with Crippen molar-refractivity contribution in [2.45, 2.75) is 25.9 Å². The Bertz CT molecular complexity index is 354. The van der Waals surface area contributed by atoms with Crippen molar-refractivity contribution >= 4 is 5.91 Å². The molecule has 1 amide bonds. The number of primary amides is 1. The van der Waals surface area contributed by atoms with Gasteiger partial charge >= 0.3 is 0 Å². The summed E-state index contributed by atoms with van der Waals surface area (Å²) in [6.07, 6.45) is 0. The second kappa shape index (κ2) is 4.89. The maximum absolute atomic E-state index is 13.3. The molecule has 1 aromatic carbocycles. The summed E-state index contributed by atoms with van der Waals surface area (Å²) < 4.78 is 13.3. The summed E-state index contributed by atoms with van der Waals surface area (Å²) >= 11 is 0. The van der Waals surface area contributed by atoms with Crippen LogP contribution in [0.3, 0.4) is 0 Å².